The van der Waals surface area contributed by atoms with Crippen molar-refractivity contribution >= 4 is 32.8 Å². The first-order valence-electron chi connectivity index (χ1n) is 29.1. The van der Waals surface area contributed by atoms with E-state index in [9.17, 15) is 0 Å². The van der Waals surface area contributed by atoms with Crippen molar-refractivity contribution in [1.82, 2.24) is 14.1 Å². The van der Waals surface area contributed by atoms with Crippen LogP contribution >= 0.6 is 0 Å². The number of imidazole rings is 1. The summed E-state index contributed by atoms with van der Waals surface area (Å²) in [5, 5.41) is 2.22. The molecular formula is C78H58N4OPt-2. The van der Waals surface area contributed by atoms with E-state index < -0.39 is 0 Å². The first-order valence-corrected chi connectivity index (χ1v) is 29.1. The predicted molar refractivity (Wildman–Crippen MR) is 334 cm³/mol. The van der Waals surface area contributed by atoms with Gasteiger partial charge in [0.2, 0.25) is 0 Å². The number of para-hydroxylation sites is 2. The van der Waals surface area contributed by atoms with Crippen LogP contribution in [0.3, 0.4) is 0 Å². The number of nitrogens with zero attached hydrogens (tertiary/aromatic N) is 4. The summed E-state index contributed by atoms with van der Waals surface area (Å²) in [5.41, 5.74) is 24.2. The van der Waals surface area contributed by atoms with Crippen LogP contribution in [0.15, 0.2) is 225 Å². The van der Waals surface area contributed by atoms with Crippen molar-refractivity contribution in [3.63, 3.8) is 0 Å². The zero-order valence-corrected chi connectivity index (χ0v) is 50.1. The molecule has 0 radical (unpaired) electrons. The van der Waals surface area contributed by atoms with Crippen molar-refractivity contribution in [2.24, 2.45) is 5.41 Å². The van der Waals surface area contributed by atoms with Crippen LogP contribution in [0, 0.1) is 23.9 Å². The van der Waals surface area contributed by atoms with Crippen molar-refractivity contribution in [3.05, 3.63) is 282 Å². The third-order valence-corrected chi connectivity index (χ3v) is 20.7. The Hall–Kier alpha value is -8.89. The van der Waals surface area contributed by atoms with Crippen LogP contribution in [0.4, 0.5) is 0 Å². The SMILES string of the molecule is CC(C)(C)c1ccnc(-n2c3[c-]c(Oc4[c-]c(-n5[c-][n+]6c7c(cccc75)-c5ccccc5-c5ccccc5-c5ccc(-c7ccc8c(c7)C7(C)c9ccccc9C9(C)c%10ccccc%10C8(C)C97C)cc5-6)ccc4)ccc3c3ccccc32)c1.[Pt]. The number of benzene rings is 10. The van der Waals surface area contributed by atoms with Gasteiger partial charge in [0.05, 0.1) is 16.7 Å². The molecule has 408 valence electrons. The summed E-state index contributed by atoms with van der Waals surface area (Å²) in [4.78, 5) is 4.91. The molecule has 1 aliphatic heterocycles. The van der Waals surface area contributed by atoms with Crippen molar-refractivity contribution in [3.8, 4) is 73.2 Å². The number of fused-ring (bicyclic) bond motifs is 19. The maximum absolute atomic E-state index is 6.81. The summed E-state index contributed by atoms with van der Waals surface area (Å²) < 4.78 is 13.5. The van der Waals surface area contributed by atoms with Crippen LogP contribution in [0.1, 0.15) is 87.4 Å². The van der Waals surface area contributed by atoms with Gasteiger partial charge in [0, 0.05) is 65.9 Å². The number of ether oxygens (including phenoxy) is 1. The van der Waals surface area contributed by atoms with Gasteiger partial charge >= 0.3 is 0 Å². The van der Waals surface area contributed by atoms with Gasteiger partial charge < -0.3 is 13.9 Å². The number of pyridine rings is 1. The smallest absolute Gasteiger partial charge is 0.268 e. The molecule has 4 unspecified atom stereocenters. The average molecular weight is 1260 g/mol. The Labute approximate surface area is 504 Å². The number of aromatic nitrogens is 4. The van der Waals surface area contributed by atoms with E-state index in [0.29, 0.717) is 11.5 Å². The van der Waals surface area contributed by atoms with Gasteiger partial charge in [-0.25, -0.2) is 4.98 Å². The van der Waals surface area contributed by atoms with E-state index in [1.807, 2.05) is 24.4 Å². The molecule has 5 nitrogen and oxygen atoms in total. The molecule has 0 spiro atoms. The topological polar surface area (TPSA) is 35.9 Å². The monoisotopic (exact) mass is 1260 g/mol. The summed E-state index contributed by atoms with van der Waals surface area (Å²) in [6, 6.07) is 88.0. The average Bonchev–Trinajstić information content (AvgIpc) is 1.45. The minimum Gasteiger partial charge on any atom is -0.510 e. The number of hydrogen-bond donors (Lipinski definition) is 0. The molecule has 17 rings (SSSR count). The Morgan fingerprint density at radius 3 is 1.70 bits per heavy atom. The molecule has 84 heavy (non-hydrogen) atoms. The summed E-state index contributed by atoms with van der Waals surface area (Å²) in [5.74, 6) is 2.00. The van der Waals surface area contributed by atoms with Crippen LogP contribution in [-0.2, 0) is 42.7 Å². The van der Waals surface area contributed by atoms with Crippen molar-refractivity contribution in [2.45, 2.75) is 70.1 Å². The number of hydrogen-bond acceptors (Lipinski definition) is 2. The summed E-state index contributed by atoms with van der Waals surface area (Å²) in [6.07, 6.45) is 5.88. The van der Waals surface area contributed by atoms with Crippen LogP contribution in [0.25, 0.3) is 94.5 Å². The first-order chi connectivity index (χ1) is 40.3. The van der Waals surface area contributed by atoms with Gasteiger partial charge in [-0.2, -0.15) is 18.2 Å². The molecule has 10 aromatic carbocycles. The molecule has 0 saturated carbocycles. The molecule has 0 N–H and O–H groups in total. The second kappa shape index (κ2) is 17.6. The van der Waals surface area contributed by atoms with E-state index in [2.05, 4.69) is 281 Å². The molecule has 4 aliphatic rings. The standard InChI is InChI=1S/C78H58N4O.Pt/c1-74(2,3)50-40-41-79-72(44-50)82-68-32-17-12-26-58(68)60-38-36-53(46-71(60)82)83-52-21-18-20-51(45-52)80-47-81-70-43-49(34-37-59(70)56-24-10-8-22-54(56)55-23-9-11-25-57(55)61-27-19-33-69(80)73(61)81)48-35-39-66-67(42-48)77(6)65-31-16-15-30-64(65)75(4)62-28-13-14-29-63(62)76(66,5)78(75,77)7;/h8-44H,1-7H3;/q-2;. The quantitative estimate of drug-likeness (QED) is 0.127. The largest absolute Gasteiger partial charge is 0.510 e. The molecule has 13 aromatic rings. The fraction of sp³-hybridized carbons (Fsp3) is 0.154. The minimum atomic E-state index is -0.260. The van der Waals surface area contributed by atoms with E-state index in [0.717, 1.165) is 72.3 Å². The minimum absolute atomic E-state index is 0. The zero-order chi connectivity index (χ0) is 55.9. The summed E-state index contributed by atoms with van der Waals surface area (Å²) in [6.45, 7) is 16.9. The molecule has 3 aromatic heterocycles. The van der Waals surface area contributed by atoms with Gasteiger partial charge in [-0.15, -0.1) is 29.7 Å². The molecule has 6 heteroatoms. The third-order valence-electron chi connectivity index (χ3n) is 20.7. The molecule has 0 saturated heterocycles. The molecule has 0 bridgehead atoms. The zero-order valence-electron chi connectivity index (χ0n) is 47.9. The Balaban J connectivity index is 0.00000577. The van der Waals surface area contributed by atoms with E-state index in [4.69, 9.17) is 9.72 Å². The molecule has 4 heterocycles. The summed E-state index contributed by atoms with van der Waals surface area (Å²) in [7, 11) is 0. The molecule has 0 amide bonds. The Morgan fingerprint density at radius 1 is 0.464 bits per heavy atom. The Kier molecular flexibility index (Phi) is 10.6. The molecule has 4 atom stereocenters. The van der Waals surface area contributed by atoms with Crippen LogP contribution in [0.2, 0.25) is 0 Å². The van der Waals surface area contributed by atoms with Crippen molar-refractivity contribution in [2.75, 3.05) is 0 Å². The fourth-order valence-electron chi connectivity index (χ4n) is 16.5. The maximum Gasteiger partial charge on any atom is 0.268 e. The molecular weight excluding hydrogens is 1200 g/mol. The fourth-order valence-corrected chi connectivity index (χ4v) is 16.5. The van der Waals surface area contributed by atoms with E-state index in [1.165, 1.54) is 61.2 Å². The van der Waals surface area contributed by atoms with Gasteiger partial charge in [0.1, 0.15) is 5.82 Å². The van der Waals surface area contributed by atoms with Crippen molar-refractivity contribution in [1.29, 1.82) is 0 Å². The normalized spacial score (nSPS) is 20.2. The molecule has 3 aliphatic carbocycles. The summed E-state index contributed by atoms with van der Waals surface area (Å²) >= 11 is 0. The van der Waals surface area contributed by atoms with Gasteiger partial charge in [-0.05, 0) is 130 Å². The second-order valence-electron chi connectivity index (χ2n) is 25.2. The van der Waals surface area contributed by atoms with Crippen LogP contribution in [-0.4, -0.2) is 14.1 Å². The van der Waals surface area contributed by atoms with E-state index in [-0.39, 0.29) is 48.1 Å². The van der Waals surface area contributed by atoms with Gasteiger partial charge in [0.25, 0.3) is 6.33 Å². The van der Waals surface area contributed by atoms with Gasteiger partial charge in [-0.1, -0.05) is 212 Å². The Bertz CT molecular complexity index is 4970. The van der Waals surface area contributed by atoms with Crippen LogP contribution in [0.5, 0.6) is 11.5 Å². The van der Waals surface area contributed by atoms with Gasteiger partial charge in [0.15, 0.2) is 0 Å². The van der Waals surface area contributed by atoms with Gasteiger partial charge in [-0.3, -0.25) is 4.57 Å². The van der Waals surface area contributed by atoms with E-state index in [1.54, 1.807) is 0 Å². The second-order valence-corrected chi connectivity index (χ2v) is 25.2. The number of rotatable bonds is 5. The molecule has 0 fully saturated rings. The Morgan fingerprint density at radius 2 is 1.01 bits per heavy atom. The van der Waals surface area contributed by atoms with Crippen molar-refractivity contribution < 1.29 is 30.4 Å². The third kappa shape index (κ3) is 6.38. The van der Waals surface area contributed by atoms with Crippen LogP contribution < -0.4 is 9.30 Å². The van der Waals surface area contributed by atoms with E-state index >= 15 is 0 Å². The first kappa shape index (κ1) is 50.8. The predicted octanol–water partition coefficient (Wildman–Crippen LogP) is 18.1. The maximum atomic E-state index is 6.81.